The summed E-state index contributed by atoms with van der Waals surface area (Å²) in [6, 6.07) is 2.81. The second-order valence-electron chi connectivity index (χ2n) is 5.00. The zero-order valence-corrected chi connectivity index (χ0v) is 15.5. The maximum atomic E-state index is 13.4. The molecule has 0 unspecified atom stereocenters. The molecule has 2 aromatic rings. The molecule has 7 nitrogen and oxygen atoms in total. The van der Waals surface area contributed by atoms with Gasteiger partial charge >= 0.3 is 0 Å². The molecular formula is C17H13Cl2N3O4S. The van der Waals surface area contributed by atoms with Crippen LogP contribution in [0.4, 0.5) is 0 Å². The summed E-state index contributed by atoms with van der Waals surface area (Å²) in [5.74, 6) is -2.33. The number of hydrogen-bond acceptors (Lipinski definition) is 5. The Morgan fingerprint density at radius 3 is 2.67 bits per heavy atom. The van der Waals surface area contributed by atoms with E-state index < -0.39 is 80.0 Å². The van der Waals surface area contributed by atoms with Crippen molar-refractivity contribution in [3.63, 3.8) is 0 Å². The number of rotatable bonds is 4. The SMILES string of the molecule is [2H]c1c(Cl)c([2H])c(Oc2ccc(C#N)cc2S(=O)(=O)N2CC(=O)NC([2H])([2H])C2([2H])[2H])c([2H])c1Cl. The van der Waals surface area contributed by atoms with E-state index in [0.717, 1.165) is 18.2 Å². The number of sulfonamides is 1. The van der Waals surface area contributed by atoms with Gasteiger partial charge in [-0.25, -0.2) is 8.42 Å². The summed E-state index contributed by atoms with van der Waals surface area (Å²) in [5, 5.41) is 10.0. The Morgan fingerprint density at radius 2 is 2.00 bits per heavy atom. The second-order valence-corrected chi connectivity index (χ2v) is 7.59. The fourth-order valence-corrected chi connectivity index (χ4v) is 3.79. The number of nitrogens with one attached hydrogen (secondary N) is 1. The van der Waals surface area contributed by atoms with Gasteiger partial charge in [0.1, 0.15) is 16.4 Å². The number of halogens is 2. The van der Waals surface area contributed by atoms with Crippen molar-refractivity contribution in [3.05, 3.63) is 51.9 Å². The lowest BCUT2D eigenvalue weighted by Gasteiger charge is -2.26. The molecule has 1 aliphatic rings. The molecule has 2 aromatic carbocycles. The molecule has 3 rings (SSSR count). The number of ether oxygens (including phenoxy) is 1. The summed E-state index contributed by atoms with van der Waals surface area (Å²) in [6.07, 6.45) is 0. The minimum Gasteiger partial charge on any atom is -0.456 e. The first-order chi connectivity index (χ1) is 15.6. The Labute approximate surface area is 175 Å². The van der Waals surface area contributed by atoms with E-state index in [0.29, 0.717) is 0 Å². The molecule has 1 N–H and O–H groups in total. The van der Waals surface area contributed by atoms with E-state index in [9.17, 15) is 18.5 Å². The summed E-state index contributed by atoms with van der Waals surface area (Å²) >= 11 is 11.8. The predicted molar refractivity (Wildman–Crippen MR) is 99.5 cm³/mol. The summed E-state index contributed by atoms with van der Waals surface area (Å²) in [4.78, 5) is 11.1. The molecule has 1 aliphatic heterocycles. The van der Waals surface area contributed by atoms with Crippen molar-refractivity contribution in [3.8, 4) is 17.6 Å². The highest BCUT2D eigenvalue weighted by Crippen LogP contribution is 2.34. The molecule has 0 radical (unpaired) electrons. The number of nitriles is 1. The molecule has 0 aromatic heterocycles. The average molecular weight is 433 g/mol. The molecule has 0 saturated carbocycles. The normalized spacial score (nSPS) is 22.6. The van der Waals surface area contributed by atoms with Crippen LogP contribution in [-0.2, 0) is 14.8 Å². The van der Waals surface area contributed by atoms with Gasteiger partial charge < -0.3 is 10.1 Å². The Bertz CT molecular complexity index is 1340. The molecule has 140 valence electrons. The number of nitrogens with zero attached hydrogens (tertiary/aromatic N) is 2. The average Bonchev–Trinajstić information content (AvgIpc) is 2.76. The van der Waals surface area contributed by atoms with Crippen LogP contribution < -0.4 is 10.1 Å². The van der Waals surface area contributed by atoms with E-state index in [-0.39, 0.29) is 9.87 Å². The van der Waals surface area contributed by atoms with Gasteiger partial charge in [-0.3, -0.25) is 4.79 Å². The minimum absolute atomic E-state index is 0.0156. The standard InChI is InChI=1S/C17H13Cl2N3O4S/c18-12-6-13(19)8-14(7-12)26-15-2-1-11(9-20)5-16(15)27(24,25)22-4-3-21-17(23)10-22/h1-2,5-8H,3-4,10H2,(H,21,23)/i3D2,4D2,6D,7D,8D. The molecule has 0 aliphatic carbocycles. The summed E-state index contributed by atoms with van der Waals surface area (Å²) in [6.45, 7) is -7.43. The van der Waals surface area contributed by atoms with Crippen LogP contribution in [0.5, 0.6) is 11.5 Å². The van der Waals surface area contributed by atoms with Crippen molar-refractivity contribution in [2.45, 2.75) is 4.90 Å². The summed E-state index contributed by atoms with van der Waals surface area (Å²) in [7, 11) is -5.06. The van der Waals surface area contributed by atoms with Crippen molar-refractivity contribution < 1.29 is 27.5 Å². The van der Waals surface area contributed by atoms with E-state index in [1.54, 1.807) is 11.4 Å². The van der Waals surface area contributed by atoms with Crippen LogP contribution in [0, 0.1) is 11.3 Å². The zero-order valence-electron chi connectivity index (χ0n) is 20.1. The van der Waals surface area contributed by atoms with Gasteiger partial charge in [0.2, 0.25) is 15.9 Å². The maximum absolute atomic E-state index is 13.4. The number of piperazine rings is 1. The Hall–Kier alpha value is -2.31. The lowest BCUT2D eigenvalue weighted by molar-refractivity contribution is -0.122. The first kappa shape index (κ1) is 12.2. The molecule has 0 spiro atoms. The molecule has 0 atom stereocenters. The van der Waals surface area contributed by atoms with Crippen molar-refractivity contribution >= 4 is 39.1 Å². The van der Waals surface area contributed by atoms with Crippen molar-refractivity contribution in [2.75, 3.05) is 19.5 Å². The smallest absolute Gasteiger partial charge is 0.247 e. The highest BCUT2D eigenvalue weighted by atomic mass is 35.5. The second kappa shape index (κ2) is 7.74. The van der Waals surface area contributed by atoms with E-state index in [4.69, 9.17) is 37.5 Å². The van der Waals surface area contributed by atoms with Gasteiger partial charge in [0, 0.05) is 25.8 Å². The van der Waals surface area contributed by atoms with Gasteiger partial charge in [-0.05, 0) is 36.3 Å². The highest BCUT2D eigenvalue weighted by Gasteiger charge is 2.32. The first-order valence-electron chi connectivity index (χ1n) is 10.6. The number of amides is 1. The van der Waals surface area contributed by atoms with Gasteiger partial charge in [0.05, 0.1) is 25.0 Å². The van der Waals surface area contributed by atoms with Gasteiger partial charge in [-0.2, -0.15) is 9.57 Å². The summed E-state index contributed by atoms with van der Waals surface area (Å²) < 4.78 is 87.6. The third kappa shape index (κ3) is 4.34. The molecular weight excluding hydrogens is 413 g/mol. The van der Waals surface area contributed by atoms with E-state index in [2.05, 4.69) is 0 Å². The monoisotopic (exact) mass is 432 g/mol. The van der Waals surface area contributed by atoms with Gasteiger partial charge in [-0.15, -0.1) is 0 Å². The first-order valence-corrected chi connectivity index (χ1v) is 9.26. The van der Waals surface area contributed by atoms with Gasteiger partial charge in [-0.1, -0.05) is 23.2 Å². The third-order valence-electron chi connectivity index (χ3n) is 3.19. The molecule has 1 fully saturated rings. The van der Waals surface area contributed by atoms with Crippen LogP contribution in [0.3, 0.4) is 0 Å². The van der Waals surface area contributed by atoms with E-state index >= 15 is 0 Å². The van der Waals surface area contributed by atoms with Crippen molar-refractivity contribution in [2.24, 2.45) is 0 Å². The maximum Gasteiger partial charge on any atom is 0.247 e. The van der Waals surface area contributed by atoms with Crippen LogP contribution in [0.25, 0.3) is 0 Å². The lowest BCUT2D eigenvalue weighted by atomic mass is 10.2. The van der Waals surface area contributed by atoms with Gasteiger partial charge in [0.25, 0.3) is 0 Å². The molecule has 10 heteroatoms. The predicted octanol–water partition coefficient (Wildman–Crippen LogP) is 2.78. The lowest BCUT2D eigenvalue weighted by Crippen LogP contribution is -2.49. The highest BCUT2D eigenvalue weighted by molar-refractivity contribution is 7.89. The van der Waals surface area contributed by atoms with Crippen LogP contribution in [-0.4, -0.2) is 38.2 Å². The summed E-state index contributed by atoms with van der Waals surface area (Å²) in [5.41, 5.74) is -0.203. The van der Waals surface area contributed by atoms with Crippen LogP contribution in [0.1, 0.15) is 15.2 Å². The topological polar surface area (TPSA) is 99.5 Å². The number of carbonyl (C=O) groups excluding carboxylic acids is 1. The van der Waals surface area contributed by atoms with Gasteiger partial charge in [0.15, 0.2) is 0 Å². The molecule has 1 saturated heterocycles. The van der Waals surface area contributed by atoms with Crippen molar-refractivity contribution in [1.82, 2.24) is 9.62 Å². The number of hydrogen-bond donors (Lipinski definition) is 1. The van der Waals surface area contributed by atoms with E-state index in [1.807, 2.05) is 0 Å². The number of carbonyl (C=O) groups is 1. The number of benzene rings is 2. The van der Waals surface area contributed by atoms with Crippen LogP contribution in [0.2, 0.25) is 10.0 Å². The Balaban J connectivity index is 2.23. The minimum atomic E-state index is -5.06. The molecule has 0 bridgehead atoms. The van der Waals surface area contributed by atoms with Crippen LogP contribution >= 0.6 is 23.2 Å². The Morgan fingerprint density at radius 1 is 1.30 bits per heavy atom. The zero-order chi connectivity index (χ0) is 25.8. The largest absolute Gasteiger partial charge is 0.456 e. The molecule has 27 heavy (non-hydrogen) atoms. The van der Waals surface area contributed by atoms with Crippen molar-refractivity contribution in [1.29, 1.82) is 5.26 Å². The quantitative estimate of drug-likeness (QED) is 0.800. The van der Waals surface area contributed by atoms with Crippen LogP contribution in [0.15, 0.2) is 41.2 Å². The third-order valence-corrected chi connectivity index (χ3v) is 5.24. The molecule has 1 heterocycles. The fourth-order valence-electron chi connectivity index (χ4n) is 2.05. The fraction of sp³-hybridized carbons (Fsp3) is 0.176. The Kier molecular flexibility index (Phi) is 3.50. The molecule has 1 amide bonds. The van der Waals surface area contributed by atoms with E-state index in [1.165, 1.54) is 0 Å².